The minimum atomic E-state index is -4.81. The van der Waals surface area contributed by atoms with Gasteiger partial charge in [-0.05, 0) is 36.2 Å². The van der Waals surface area contributed by atoms with Gasteiger partial charge in [0.2, 0.25) is 5.13 Å². The molecule has 1 amide bonds. The van der Waals surface area contributed by atoms with Crippen LogP contribution in [0.2, 0.25) is 5.02 Å². The molecule has 4 rings (SSSR count). The summed E-state index contributed by atoms with van der Waals surface area (Å²) in [5.41, 5.74) is 0.205. The fourth-order valence-electron chi connectivity index (χ4n) is 2.90. The molecule has 0 spiro atoms. The number of para-hydroxylation sites is 1. The van der Waals surface area contributed by atoms with Gasteiger partial charge in [-0.15, -0.1) is 0 Å². The molecule has 0 bridgehead atoms. The third-order valence-corrected chi connectivity index (χ3v) is 5.49. The van der Waals surface area contributed by atoms with Crippen molar-refractivity contribution in [3.8, 4) is 10.9 Å². The fraction of sp³-hybridized carbons (Fsp3) is 0.150. The Morgan fingerprint density at radius 1 is 1.19 bits per heavy atom. The zero-order valence-electron chi connectivity index (χ0n) is 15.7. The molecule has 2 aromatic heterocycles. The van der Waals surface area contributed by atoms with Crippen LogP contribution in [0, 0.1) is 0 Å². The Balaban J connectivity index is 1.51. The molecule has 1 N–H and O–H groups in total. The van der Waals surface area contributed by atoms with E-state index in [4.69, 9.17) is 16.3 Å². The molecule has 0 aliphatic heterocycles. The van der Waals surface area contributed by atoms with E-state index in [-0.39, 0.29) is 11.7 Å². The number of amides is 1. The van der Waals surface area contributed by atoms with E-state index in [0.29, 0.717) is 26.3 Å². The molecule has 0 aliphatic rings. The monoisotopic (exact) mass is 466 g/mol. The van der Waals surface area contributed by atoms with E-state index in [1.807, 2.05) is 6.07 Å². The highest BCUT2D eigenvalue weighted by Crippen LogP contribution is 2.38. The van der Waals surface area contributed by atoms with Crippen molar-refractivity contribution in [2.45, 2.75) is 12.6 Å². The predicted octanol–water partition coefficient (Wildman–Crippen LogP) is 5.49. The first-order valence-corrected chi connectivity index (χ1v) is 10.2. The lowest BCUT2D eigenvalue weighted by Crippen LogP contribution is -2.29. The first-order chi connectivity index (χ1) is 14.8. The van der Waals surface area contributed by atoms with Gasteiger partial charge in [-0.3, -0.25) is 0 Å². The summed E-state index contributed by atoms with van der Waals surface area (Å²) >= 11 is 6.95. The number of thiazole rings is 1. The molecule has 6 nitrogen and oxygen atoms in total. The molecular weight excluding hydrogens is 453 g/mol. The standard InChI is InChI=1S/C20H14ClF3N4O2S/c21-13-5-3-4-12(10-13)8-9-25-19(29)30-15-11-26-28(17(15)20(22,23)24)18-27-14-6-1-2-7-16(14)31-18/h1-7,10-11H,8-9H2,(H,25,29). The summed E-state index contributed by atoms with van der Waals surface area (Å²) in [5.74, 6) is -0.702. The number of nitrogens with one attached hydrogen (secondary N) is 1. The maximum absolute atomic E-state index is 13.7. The van der Waals surface area contributed by atoms with Crippen LogP contribution >= 0.6 is 22.9 Å². The Labute approximate surface area is 183 Å². The minimum Gasteiger partial charge on any atom is -0.406 e. The van der Waals surface area contributed by atoms with Gasteiger partial charge < -0.3 is 10.1 Å². The molecule has 0 atom stereocenters. The minimum absolute atomic E-state index is 0.0183. The highest BCUT2D eigenvalue weighted by atomic mass is 35.5. The number of ether oxygens (including phenoxy) is 1. The molecule has 160 valence electrons. The normalized spacial score (nSPS) is 11.6. The average molecular weight is 467 g/mol. The molecule has 0 saturated heterocycles. The van der Waals surface area contributed by atoms with Gasteiger partial charge in [0.25, 0.3) is 0 Å². The Hall–Kier alpha value is -3.11. The van der Waals surface area contributed by atoms with Crippen molar-refractivity contribution >= 4 is 39.2 Å². The summed E-state index contributed by atoms with van der Waals surface area (Å²) in [6, 6.07) is 14.0. The van der Waals surface area contributed by atoms with E-state index < -0.39 is 23.7 Å². The Morgan fingerprint density at radius 2 is 2.00 bits per heavy atom. The molecule has 0 aliphatic carbocycles. The van der Waals surface area contributed by atoms with Crippen LogP contribution in [-0.4, -0.2) is 27.4 Å². The zero-order valence-corrected chi connectivity index (χ0v) is 17.3. The van der Waals surface area contributed by atoms with Gasteiger partial charge in [0.05, 0.1) is 16.4 Å². The smallest absolute Gasteiger partial charge is 0.406 e. The molecule has 11 heteroatoms. The van der Waals surface area contributed by atoms with Gasteiger partial charge in [-0.1, -0.05) is 47.2 Å². The van der Waals surface area contributed by atoms with Crippen LogP contribution in [0.5, 0.6) is 5.75 Å². The van der Waals surface area contributed by atoms with E-state index >= 15 is 0 Å². The molecule has 4 aromatic rings. The van der Waals surface area contributed by atoms with Crippen molar-refractivity contribution in [2.75, 3.05) is 6.54 Å². The van der Waals surface area contributed by atoms with Gasteiger partial charge in [0, 0.05) is 11.6 Å². The number of hydrogen-bond donors (Lipinski definition) is 1. The summed E-state index contributed by atoms with van der Waals surface area (Å²) in [6.45, 7) is 0.159. The maximum Gasteiger partial charge on any atom is 0.437 e. The molecule has 31 heavy (non-hydrogen) atoms. The van der Waals surface area contributed by atoms with E-state index in [2.05, 4.69) is 15.4 Å². The van der Waals surface area contributed by atoms with E-state index in [9.17, 15) is 18.0 Å². The molecule has 0 unspecified atom stereocenters. The van der Waals surface area contributed by atoms with Crippen molar-refractivity contribution in [1.82, 2.24) is 20.1 Å². The van der Waals surface area contributed by atoms with Crippen LogP contribution in [0.3, 0.4) is 0 Å². The highest BCUT2D eigenvalue weighted by Gasteiger charge is 2.41. The number of benzene rings is 2. The number of carbonyl (C=O) groups is 1. The highest BCUT2D eigenvalue weighted by molar-refractivity contribution is 7.20. The number of rotatable bonds is 5. The molecule has 0 radical (unpaired) electrons. The van der Waals surface area contributed by atoms with Crippen molar-refractivity contribution in [1.29, 1.82) is 0 Å². The van der Waals surface area contributed by atoms with Crippen LogP contribution in [0.25, 0.3) is 15.3 Å². The number of nitrogens with zero attached hydrogens (tertiary/aromatic N) is 3. The third-order valence-electron chi connectivity index (χ3n) is 4.24. The van der Waals surface area contributed by atoms with Crippen LogP contribution in [0.4, 0.5) is 18.0 Å². The summed E-state index contributed by atoms with van der Waals surface area (Å²) in [7, 11) is 0. The van der Waals surface area contributed by atoms with Crippen molar-refractivity contribution in [3.63, 3.8) is 0 Å². The van der Waals surface area contributed by atoms with Crippen molar-refractivity contribution < 1.29 is 22.7 Å². The quantitative estimate of drug-likeness (QED) is 0.422. The average Bonchev–Trinajstić information content (AvgIpc) is 3.31. The Morgan fingerprint density at radius 3 is 2.74 bits per heavy atom. The van der Waals surface area contributed by atoms with Gasteiger partial charge in [0.1, 0.15) is 0 Å². The molecule has 2 aromatic carbocycles. The molecular formula is C20H14ClF3N4O2S. The predicted molar refractivity (Wildman–Crippen MR) is 111 cm³/mol. The molecule has 0 saturated carbocycles. The second-order valence-electron chi connectivity index (χ2n) is 6.43. The number of aromatic nitrogens is 3. The van der Waals surface area contributed by atoms with Gasteiger partial charge in [-0.2, -0.15) is 23.0 Å². The number of hydrogen-bond acceptors (Lipinski definition) is 5. The molecule has 0 fully saturated rings. The van der Waals surface area contributed by atoms with Crippen molar-refractivity contribution in [2.24, 2.45) is 0 Å². The SMILES string of the molecule is O=C(NCCc1cccc(Cl)c1)Oc1cnn(-c2nc3ccccc3s2)c1C(F)(F)F. The summed E-state index contributed by atoms with van der Waals surface area (Å²) in [4.78, 5) is 16.3. The lowest BCUT2D eigenvalue weighted by atomic mass is 10.1. The summed E-state index contributed by atoms with van der Waals surface area (Å²) < 4.78 is 47.5. The Bertz CT molecular complexity index is 1210. The third kappa shape index (κ3) is 4.80. The number of fused-ring (bicyclic) bond motifs is 1. The number of alkyl halides is 3. The van der Waals surface area contributed by atoms with Crippen molar-refractivity contribution in [3.05, 3.63) is 71.0 Å². The van der Waals surface area contributed by atoms with E-state index in [1.165, 1.54) is 0 Å². The van der Waals surface area contributed by atoms with Gasteiger partial charge in [-0.25, -0.2) is 9.78 Å². The van der Waals surface area contributed by atoms with E-state index in [1.54, 1.807) is 42.5 Å². The Kier molecular flexibility index (Phi) is 5.84. The second-order valence-corrected chi connectivity index (χ2v) is 7.87. The van der Waals surface area contributed by atoms with Crippen LogP contribution in [0.15, 0.2) is 54.7 Å². The lowest BCUT2D eigenvalue weighted by molar-refractivity contribution is -0.143. The zero-order chi connectivity index (χ0) is 22.0. The topological polar surface area (TPSA) is 69.0 Å². The maximum atomic E-state index is 13.7. The summed E-state index contributed by atoms with van der Waals surface area (Å²) in [5, 5.41) is 6.76. The molecule has 2 heterocycles. The van der Waals surface area contributed by atoms with Crippen LogP contribution in [-0.2, 0) is 12.6 Å². The van der Waals surface area contributed by atoms with Crippen LogP contribution < -0.4 is 10.1 Å². The van der Waals surface area contributed by atoms with E-state index in [0.717, 1.165) is 23.1 Å². The van der Waals surface area contributed by atoms with Crippen LogP contribution in [0.1, 0.15) is 11.3 Å². The first-order valence-electron chi connectivity index (χ1n) is 9.02. The number of halogens is 4. The number of carbonyl (C=O) groups excluding carboxylic acids is 1. The fourth-order valence-corrected chi connectivity index (χ4v) is 4.04. The first kappa shape index (κ1) is 21.1. The summed E-state index contributed by atoms with van der Waals surface area (Å²) in [6.07, 6.45) is -4.54. The second kappa shape index (κ2) is 8.56. The van der Waals surface area contributed by atoms with Gasteiger partial charge in [0.15, 0.2) is 11.4 Å². The van der Waals surface area contributed by atoms with Gasteiger partial charge >= 0.3 is 12.3 Å². The lowest BCUT2D eigenvalue weighted by Gasteiger charge is -2.11. The largest absolute Gasteiger partial charge is 0.437 e.